The van der Waals surface area contributed by atoms with Gasteiger partial charge in [-0.2, -0.15) is 13.2 Å². The number of benzene rings is 1. The van der Waals surface area contributed by atoms with Crippen molar-refractivity contribution >= 4 is 11.8 Å². The third kappa shape index (κ3) is 3.61. The van der Waals surface area contributed by atoms with E-state index < -0.39 is 22.8 Å². The molecular formula is C18H17F3N2OS. The molecule has 0 amide bonds. The second-order valence-electron chi connectivity index (χ2n) is 5.86. The summed E-state index contributed by atoms with van der Waals surface area (Å²) in [6, 6.07) is 11.5. The van der Waals surface area contributed by atoms with Gasteiger partial charge in [0.25, 0.3) is 5.56 Å². The van der Waals surface area contributed by atoms with Crippen LogP contribution >= 0.6 is 11.8 Å². The van der Waals surface area contributed by atoms with Gasteiger partial charge in [-0.1, -0.05) is 42.1 Å². The molecule has 2 aromatic rings. The molecule has 1 aromatic carbocycles. The number of aromatic nitrogens is 1. The van der Waals surface area contributed by atoms with Gasteiger partial charge in [0, 0.05) is 29.4 Å². The number of pyridine rings is 1. The molecule has 0 saturated heterocycles. The Labute approximate surface area is 147 Å². The highest BCUT2D eigenvalue weighted by molar-refractivity contribution is 8.03. The van der Waals surface area contributed by atoms with Crippen LogP contribution in [0.25, 0.3) is 0 Å². The Kier molecular flexibility index (Phi) is 4.69. The topological polar surface area (TPSA) is 25.2 Å². The summed E-state index contributed by atoms with van der Waals surface area (Å²) < 4.78 is 40.3. The molecule has 1 aliphatic heterocycles. The summed E-state index contributed by atoms with van der Waals surface area (Å²) >= 11 is 1.39. The maximum Gasteiger partial charge on any atom is 0.417 e. The summed E-state index contributed by atoms with van der Waals surface area (Å²) in [7, 11) is 0. The van der Waals surface area contributed by atoms with Crippen LogP contribution in [0.3, 0.4) is 0 Å². The van der Waals surface area contributed by atoms with Gasteiger partial charge < -0.3 is 4.90 Å². The van der Waals surface area contributed by atoms with Crippen molar-refractivity contribution in [2.75, 3.05) is 0 Å². The van der Waals surface area contributed by atoms with Gasteiger partial charge in [0.15, 0.2) is 5.50 Å². The molecule has 1 atom stereocenters. The number of hydrogen-bond acceptors (Lipinski definition) is 3. The molecule has 0 saturated carbocycles. The van der Waals surface area contributed by atoms with E-state index in [0.29, 0.717) is 6.54 Å². The first-order chi connectivity index (χ1) is 11.8. The lowest BCUT2D eigenvalue weighted by molar-refractivity contribution is -0.138. The number of halogens is 3. The largest absolute Gasteiger partial charge is 0.417 e. The summed E-state index contributed by atoms with van der Waals surface area (Å²) in [4.78, 5) is 15.2. The molecule has 25 heavy (non-hydrogen) atoms. The zero-order valence-electron chi connectivity index (χ0n) is 13.7. The molecule has 2 heterocycles. The summed E-state index contributed by atoms with van der Waals surface area (Å²) in [6.45, 7) is 4.35. The fourth-order valence-electron chi connectivity index (χ4n) is 2.70. The molecule has 3 nitrogen and oxygen atoms in total. The third-order valence-electron chi connectivity index (χ3n) is 4.19. The van der Waals surface area contributed by atoms with Crippen molar-refractivity contribution in [2.24, 2.45) is 0 Å². The number of nitrogens with zero attached hydrogens (tertiary/aromatic N) is 2. The van der Waals surface area contributed by atoms with Crippen molar-refractivity contribution < 1.29 is 13.2 Å². The molecule has 3 rings (SSSR count). The van der Waals surface area contributed by atoms with E-state index in [2.05, 4.69) is 0 Å². The van der Waals surface area contributed by atoms with Gasteiger partial charge in [-0.05, 0) is 25.5 Å². The first kappa shape index (κ1) is 17.7. The van der Waals surface area contributed by atoms with E-state index in [1.54, 1.807) is 0 Å². The molecule has 0 N–H and O–H groups in total. The van der Waals surface area contributed by atoms with E-state index in [-0.39, 0.29) is 0 Å². The number of rotatable bonds is 3. The molecular weight excluding hydrogens is 349 g/mol. The molecule has 0 fully saturated rings. The van der Waals surface area contributed by atoms with Crippen LogP contribution in [0.5, 0.6) is 0 Å². The van der Waals surface area contributed by atoms with Crippen molar-refractivity contribution in [2.45, 2.75) is 32.1 Å². The molecule has 1 unspecified atom stereocenters. The quantitative estimate of drug-likeness (QED) is 0.778. The maximum atomic E-state index is 13.0. The second-order valence-corrected chi connectivity index (χ2v) is 7.13. The highest BCUT2D eigenvalue weighted by atomic mass is 32.2. The van der Waals surface area contributed by atoms with Gasteiger partial charge in [0.2, 0.25) is 0 Å². The van der Waals surface area contributed by atoms with Crippen molar-refractivity contribution in [3.8, 4) is 0 Å². The van der Waals surface area contributed by atoms with Crippen LogP contribution in [0.15, 0.2) is 64.1 Å². The molecule has 132 valence electrons. The number of hydrogen-bond donors (Lipinski definition) is 0. The fourth-order valence-corrected chi connectivity index (χ4v) is 3.94. The second kappa shape index (κ2) is 6.63. The van der Waals surface area contributed by atoms with E-state index in [4.69, 9.17) is 0 Å². The van der Waals surface area contributed by atoms with Gasteiger partial charge in [0.05, 0.1) is 5.56 Å². The summed E-state index contributed by atoms with van der Waals surface area (Å²) in [5.74, 6) is 0. The minimum absolute atomic E-state index is 0.453. The normalized spacial score (nSPS) is 18.1. The van der Waals surface area contributed by atoms with Gasteiger partial charge >= 0.3 is 6.18 Å². The Morgan fingerprint density at radius 2 is 1.76 bits per heavy atom. The first-order valence-corrected chi connectivity index (χ1v) is 8.59. The molecule has 0 aliphatic carbocycles. The standard InChI is InChI=1S/C18H17F3N2OS/c1-12-13(2)25-17(22(12)10-14-6-4-3-5-7-14)23-11-15(18(19,20)21)8-9-16(23)24/h3-9,11,17H,10H2,1-2H3. The first-order valence-electron chi connectivity index (χ1n) is 7.71. The van der Waals surface area contributed by atoms with Crippen LogP contribution in [0, 0.1) is 0 Å². The molecule has 1 aromatic heterocycles. The highest BCUT2D eigenvalue weighted by Gasteiger charge is 2.34. The monoisotopic (exact) mass is 366 g/mol. The molecule has 0 bridgehead atoms. The number of thioether (sulfide) groups is 1. The van der Waals surface area contributed by atoms with Crippen molar-refractivity contribution in [1.29, 1.82) is 0 Å². The molecule has 1 aliphatic rings. The summed E-state index contributed by atoms with van der Waals surface area (Å²) in [5.41, 5.74) is 0.181. The predicted octanol–water partition coefficient (Wildman–Crippen LogP) is 4.82. The lowest BCUT2D eigenvalue weighted by atomic mass is 10.2. The Bertz CT molecular complexity index is 859. The van der Waals surface area contributed by atoms with Crippen LogP contribution in [-0.2, 0) is 12.7 Å². The van der Waals surface area contributed by atoms with Gasteiger partial charge in [-0.25, -0.2) is 0 Å². The zero-order valence-corrected chi connectivity index (χ0v) is 14.6. The van der Waals surface area contributed by atoms with Crippen LogP contribution in [0.4, 0.5) is 13.2 Å². The summed E-state index contributed by atoms with van der Waals surface area (Å²) in [5, 5.41) is 0. The van der Waals surface area contributed by atoms with Crippen molar-refractivity contribution in [1.82, 2.24) is 9.47 Å². The summed E-state index contributed by atoms with van der Waals surface area (Å²) in [6.07, 6.45) is -3.58. The van der Waals surface area contributed by atoms with Gasteiger partial charge in [-0.15, -0.1) is 0 Å². The molecule has 0 spiro atoms. The maximum absolute atomic E-state index is 13.0. The zero-order chi connectivity index (χ0) is 18.2. The Balaban J connectivity index is 2.00. The molecule has 7 heteroatoms. The van der Waals surface area contributed by atoms with Gasteiger partial charge in [0.1, 0.15) is 0 Å². The minimum atomic E-state index is -4.49. The van der Waals surface area contributed by atoms with E-state index in [1.165, 1.54) is 11.8 Å². The highest BCUT2D eigenvalue weighted by Crippen LogP contribution is 2.45. The van der Waals surface area contributed by atoms with Crippen LogP contribution in [0.1, 0.15) is 30.5 Å². The Morgan fingerprint density at radius 1 is 1.08 bits per heavy atom. The minimum Gasteiger partial charge on any atom is -0.341 e. The van der Waals surface area contributed by atoms with E-state index in [1.807, 2.05) is 49.1 Å². The number of allylic oxidation sites excluding steroid dienone is 2. The predicted molar refractivity (Wildman–Crippen MR) is 92.7 cm³/mol. The third-order valence-corrected chi connectivity index (χ3v) is 5.53. The smallest absolute Gasteiger partial charge is 0.341 e. The Hall–Kier alpha value is -2.15. The van der Waals surface area contributed by atoms with Crippen LogP contribution in [0.2, 0.25) is 0 Å². The average molecular weight is 366 g/mol. The van der Waals surface area contributed by atoms with Crippen LogP contribution in [-0.4, -0.2) is 9.47 Å². The number of alkyl halides is 3. The SMILES string of the molecule is CC1=C(C)N(Cc2ccccc2)C(n2cc(C(F)(F)F)ccc2=O)S1. The van der Waals surface area contributed by atoms with E-state index >= 15 is 0 Å². The lowest BCUT2D eigenvalue weighted by Gasteiger charge is -2.29. The van der Waals surface area contributed by atoms with Crippen LogP contribution < -0.4 is 5.56 Å². The van der Waals surface area contributed by atoms with E-state index in [9.17, 15) is 18.0 Å². The lowest BCUT2D eigenvalue weighted by Crippen LogP contribution is -2.32. The molecule has 0 radical (unpaired) electrons. The van der Waals surface area contributed by atoms with Crippen molar-refractivity contribution in [3.63, 3.8) is 0 Å². The fraction of sp³-hybridized carbons (Fsp3) is 0.278. The van der Waals surface area contributed by atoms with Gasteiger partial charge in [-0.3, -0.25) is 9.36 Å². The average Bonchev–Trinajstić information content (AvgIpc) is 2.83. The van der Waals surface area contributed by atoms with Crippen molar-refractivity contribution in [3.05, 3.63) is 80.7 Å². The van der Waals surface area contributed by atoms with E-state index in [0.717, 1.165) is 39.1 Å². The Morgan fingerprint density at radius 3 is 2.40 bits per heavy atom.